The zero-order chi connectivity index (χ0) is 19.1. The Balaban J connectivity index is 1.41. The molecule has 0 radical (unpaired) electrons. The maximum absolute atomic E-state index is 13.3. The highest BCUT2D eigenvalue weighted by atomic mass is 19.1. The van der Waals surface area contributed by atoms with Gasteiger partial charge in [0.2, 0.25) is 0 Å². The summed E-state index contributed by atoms with van der Waals surface area (Å²) in [4.78, 5) is 23.8. The number of para-hydroxylation sites is 1. The zero-order valence-electron chi connectivity index (χ0n) is 15.2. The molecule has 2 aromatic carbocycles. The van der Waals surface area contributed by atoms with Crippen LogP contribution in [0.15, 0.2) is 54.9 Å². The first kappa shape index (κ1) is 17.2. The maximum Gasteiger partial charge on any atom is 0.256 e. The highest BCUT2D eigenvalue weighted by molar-refractivity contribution is 6.04. The fourth-order valence-corrected chi connectivity index (χ4v) is 4.32. The Morgan fingerprint density at radius 1 is 1.07 bits per heavy atom. The Morgan fingerprint density at radius 3 is 2.75 bits per heavy atom. The number of hydrogen-bond acceptors (Lipinski definition) is 5. The minimum Gasteiger partial charge on any atom is -0.338 e. The molecular formula is C21H20FN5O. The highest BCUT2D eigenvalue weighted by Gasteiger charge is 2.41. The van der Waals surface area contributed by atoms with E-state index in [-0.39, 0.29) is 29.7 Å². The van der Waals surface area contributed by atoms with Crippen LogP contribution in [0.3, 0.4) is 0 Å². The first-order valence-electron chi connectivity index (χ1n) is 9.46. The van der Waals surface area contributed by atoms with Crippen LogP contribution >= 0.6 is 0 Å². The summed E-state index contributed by atoms with van der Waals surface area (Å²) in [5.74, 6) is -0.0534. The number of rotatable bonds is 2. The molecule has 3 atom stereocenters. The molecule has 0 saturated carbocycles. The first-order valence-corrected chi connectivity index (χ1v) is 9.46. The lowest BCUT2D eigenvalue weighted by atomic mass is 9.85. The summed E-state index contributed by atoms with van der Waals surface area (Å²) < 4.78 is 13.3. The molecule has 7 heteroatoms. The fourth-order valence-electron chi connectivity index (χ4n) is 4.32. The van der Waals surface area contributed by atoms with Crippen LogP contribution in [-0.2, 0) is 0 Å². The Morgan fingerprint density at radius 2 is 1.89 bits per heavy atom. The Labute approximate surface area is 161 Å². The minimum atomic E-state index is -0.247. The van der Waals surface area contributed by atoms with Crippen LogP contribution in [0.5, 0.6) is 0 Å². The van der Waals surface area contributed by atoms with Gasteiger partial charge in [-0.05, 0) is 36.2 Å². The van der Waals surface area contributed by atoms with E-state index < -0.39 is 0 Å². The third-order valence-corrected chi connectivity index (χ3v) is 5.76. The van der Waals surface area contributed by atoms with Crippen molar-refractivity contribution in [2.45, 2.75) is 18.5 Å². The van der Waals surface area contributed by atoms with Gasteiger partial charge in [-0.15, -0.1) is 0 Å². The van der Waals surface area contributed by atoms with Crippen molar-refractivity contribution in [3.8, 4) is 0 Å². The minimum absolute atomic E-state index is 0.0192. The van der Waals surface area contributed by atoms with Crippen molar-refractivity contribution in [2.24, 2.45) is 5.92 Å². The Bertz CT molecular complexity index is 1020. The van der Waals surface area contributed by atoms with Gasteiger partial charge in [0, 0.05) is 37.4 Å². The molecule has 142 valence electrons. The van der Waals surface area contributed by atoms with Gasteiger partial charge < -0.3 is 4.90 Å². The summed E-state index contributed by atoms with van der Waals surface area (Å²) in [7, 11) is 0. The maximum atomic E-state index is 13.3. The lowest BCUT2D eigenvalue weighted by molar-refractivity contribution is 0.0654. The molecule has 3 heterocycles. The third kappa shape index (κ3) is 2.93. The average molecular weight is 377 g/mol. The van der Waals surface area contributed by atoms with Gasteiger partial charge in [0.1, 0.15) is 11.3 Å². The van der Waals surface area contributed by atoms with Crippen LogP contribution in [0.25, 0.3) is 11.0 Å². The SMILES string of the molecule is O=C(c1cccc2nccnc12)N1CCC2NNC(c3ccc(F)cc3)C2C1. The summed E-state index contributed by atoms with van der Waals surface area (Å²) in [6.45, 7) is 1.31. The number of benzene rings is 2. The van der Waals surface area contributed by atoms with Crippen LogP contribution in [0.2, 0.25) is 0 Å². The van der Waals surface area contributed by atoms with E-state index in [0.717, 1.165) is 17.5 Å². The summed E-state index contributed by atoms with van der Waals surface area (Å²) in [6, 6.07) is 12.4. The van der Waals surface area contributed by atoms with E-state index in [9.17, 15) is 9.18 Å². The number of nitrogens with zero attached hydrogens (tertiary/aromatic N) is 3. The number of hydrogen-bond donors (Lipinski definition) is 2. The number of piperidine rings is 1. The van der Waals surface area contributed by atoms with E-state index in [0.29, 0.717) is 24.2 Å². The smallest absolute Gasteiger partial charge is 0.256 e. The van der Waals surface area contributed by atoms with Gasteiger partial charge in [-0.3, -0.25) is 20.2 Å². The monoisotopic (exact) mass is 377 g/mol. The number of carbonyl (C=O) groups excluding carboxylic acids is 1. The molecule has 0 aliphatic carbocycles. The highest BCUT2D eigenvalue weighted by Crippen LogP contribution is 2.34. The zero-order valence-corrected chi connectivity index (χ0v) is 15.2. The number of nitrogens with one attached hydrogen (secondary N) is 2. The molecule has 1 aromatic heterocycles. The summed E-state index contributed by atoms with van der Waals surface area (Å²) in [6.07, 6.45) is 4.10. The van der Waals surface area contributed by atoms with Crippen molar-refractivity contribution in [3.63, 3.8) is 0 Å². The molecule has 2 saturated heterocycles. The molecule has 28 heavy (non-hydrogen) atoms. The molecule has 6 nitrogen and oxygen atoms in total. The summed E-state index contributed by atoms with van der Waals surface area (Å²) in [5.41, 5.74) is 9.63. The number of hydrazine groups is 1. The van der Waals surface area contributed by atoms with E-state index in [1.54, 1.807) is 24.5 Å². The van der Waals surface area contributed by atoms with Crippen molar-refractivity contribution in [2.75, 3.05) is 13.1 Å². The quantitative estimate of drug-likeness (QED) is 0.718. The standard InChI is InChI=1S/C21H20FN5O/c22-14-6-4-13(5-7-14)19-16-12-27(11-8-17(16)25-26-19)21(28)15-2-1-3-18-20(15)24-10-9-23-18/h1-7,9-10,16-17,19,25-26H,8,11-12H2. The number of aromatic nitrogens is 2. The number of halogens is 1. The molecule has 2 aliphatic heterocycles. The van der Waals surface area contributed by atoms with Crippen LogP contribution in [0.4, 0.5) is 4.39 Å². The molecule has 2 N–H and O–H groups in total. The Kier molecular flexibility index (Phi) is 4.26. The van der Waals surface area contributed by atoms with E-state index in [1.165, 1.54) is 12.1 Å². The predicted octanol–water partition coefficient (Wildman–Crippen LogP) is 2.45. The lowest BCUT2D eigenvalue weighted by Crippen LogP contribution is -2.47. The molecule has 3 aromatic rings. The second-order valence-corrected chi connectivity index (χ2v) is 7.36. The van der Waals surface area contributed by atoms with Crippen molar-refractivity contribution >= 4 is 16.9 Å². The molecule has 0 bridgehead atoms. The van der Waals surface area contributed by atoms with E-state index in [4.69, 9.17) is 0 Å². The normalized spacial score (nSPS) is 24.3. The largest absolute Gasteiger partial charge is 0.338 e. The number of likely N-dealkylation sites (tertiary alicyclic amines) is 1. The van der Waals surface area contributed by atoms with Crippen LogP contribution in [-0.4, -0.2) is 39.9 Å². The van der Waals surface area contributed by atoms with Crippen molar-refractivity contribution in [1.29, 1.82) is 0 Å². The number of fused-ring (bicyclic) bond motifs is 2. The third-order valence-electron chi connectivity index (χ3n) is 5.76. The van der Waals surface area contributed by atoms with Crippen molar-refractivity contribution in [3.05, 3.63) is 71.8 Å². The van der Waals surface area contributed by atoms with Crippen LogP contribution < -0.4 is 10.9 Å². The summed E-state index contributed by atoms with van der Waals surface area (Å²) >= 11 is 0. The fraction of sp³-hybridized carbons (Fsp3) is 0.286. The predicted molar refractivity (Wildman–Crippen MR) is 103 cm³/mol. The van der Waals surface area contributed by atoms with E-state index in [2.05, 4.69) is 20.8 Å². The average Bonchev–Trinajstić information content (AvgIpc) is 3.16. The molecule has 5 rings (SSSR count). The molecule has 2 aliphatic rings. The van der Waals surface area contributed by atoms with Gasteiger partial charge >= 0.3 is 0 Å². The topological polar surface area (TPSA) is 70.2 Å². The molecule has 2 fully saturated rings. The van der Waals surface area contributed by atoms with Crippen molar-refractivity contribution < 1.29 is 9.18 Å². The van der Waals surface area contributed by atoms with E-state index >= 15 is 0 Å². The van der Waals surface area contributed by atoms with Gasteiger partial charge in [0.25, 0.3) is 5.91 Å². The second kappa shape index (κ2) is 6.92. The van der Waals surface area contributed by atoms with Gasteiger partial charge in [-0.1, -0.05) is 18.2 Å². The first-order chi connectivity index (χ1) is 13.7. The van der Waals surface area contributed by atoms with Gasteiger partial charge in [0.05, 0.1) is 17.1 Å². The number of amides is 1. The number of carbonyl (C=O) groups is 1. The van der Waals surface area contributed by atoms with E-state index in [1.807, 2.05) is 23.1 Å². The van der Waals surface area contributed by atoms with Gasteiger partial charge in [-0.25, -0.2) is 9.82 Å². The van der Waals surface area contributed by atoms with Gasteiger partial charge in [0.15, 0.2) is 0 Å². The molecule has 0 spiro atoms. The second-order valence-electron chi connectivity index (χ2n) is 7.36. The molecular weight excluding hydrogens is 357 g/mol. The lowest BCUT2D eigenvalue weighted by Gasteiger charge is -2.36. The molecule has 1 amide bonds. The van der Waals surface area contributed by atoms with Crippen LogP contribution in [0.1, 0.15) is 28.4 Å². The summed E-state index contributed by atoms with van der Waals surface area (Å²) in [5, 5.41) is 0. The van der Waals surface area contributed by atoms with Gasteiger partial charge in [-0.2, -0.15) is 0 Å². The van der Waals surface area contributed by atoms with Crippen molar-refractivity contribution in [1.82, 2.24) is 25.7 Å². The van der Waals surface area contributed by atoms with Crippen LogP contribution in [0, 0.1) is 11.7 Å². The Hall–Kier alpha value is -2.90. The molecule has 3 unspecified atom stereocenters.